The van der Waals surface area contributed by atoms with Gasteiger partial charge in [0.1, 0.15) is 0 Å². The van der Waals surface area contributed by atoms with E-state index in [9.17, 15) is 8.42 Å². The van der Waals surface area contributed by atoms with Crippen LogP contribution in [-0.2, 0) is 21.3 Å². The molecule has 0 fully saturated rings. The number of halogens is 2. The molecule has 0 unspecified atom stereocenters. The summed E-state index contributed by atoms with van der Waals surface area (Å²) < 4.78 is 36.8. The van der Waals surface area contributed by atoms with Crippen LogP contribution in [0.1, 0.15) is 0 Å². The molecule has 0 N–H and O–H groups in total. The van der Waals surface area contributed by atoms with E-state index in [1.807, 2.05) is 0 Å². The van der Waals surface area contributed by atoms with Gasteiger partial charge < -0.3 is 9.30 Å². The molecule has 1 heterocycles. The normalized spacial score (nSPS) is 12.8. The second-order valence-corrected chi connectivity index (χ2v) is 8.51. The molecule has 1 aromatic heterocycles. The van der Waals surface area contributed by atoms with Gasteiger partial charge in [-0.05, 0) is 24.3 Å². The zero-order valence-corrected chi connectivity index (χ0v) is 16.3. The van der Waals surface area contributed by atoms with Crippen LogP contribution in [0.15, 0.2) is 51.8 Å². The Bertz CT molecular complexity index is 1070. The van der Waals surface area contributed by atoms with Gasteiger partial charge in [0.15, 0.2) is 0 Å². The molecule has 3 rings (SSSR count). The van der Waals surface area contributed by atoms with Crippen LogP contribution < -0.4 is 4.80 Å². The van der Waals surface area contributed by atoms with Gasteiger partial charge in [0.2, 0.25) is 4.80 Å². The van der Waals surface area contributed by atoms with Crippen LogP contribution >= 0.6 is 34.5 Å². The summed E-state index contributed by atoms with van der Waals surface area (Å²) in [5.41, 5.74) is 0.651. The molecular formula is C16H14Cl2N2O3S2. The van der Waals surface area contributed by atoms with Crippen molar-refractivity contribution in [2.45, 2.75) is 11.4 Å². The fraction of sp³-hybridized carbons (Fsp3) is 0.188. The van der Waals surface area contributed by atoms with Crippen molar-refractivity contribution < 1.29 is 13.2 Å². The molecule has 0 spiro atoms. The highest BCUT2D eigenvalue weighted by molar-refractivity contribution is 7.90. The number of thiazole rings is 1. The summed E-state index contributed by atoms with van der Waals surface area (Å²) in [6.45, 7) is 0.785. The zero-order chi connectivity index (χ0) is 18.0. The molecule has 0 aliphatic carbocycles. The summed E-state index contributed by atoms with van der Waals surface area (Å²) >= 11 is 13.7. The number of aromatic nitrogens is 1. The van der Waals surface area contributed by atoms with Crippen LogP contribution in [0, 0.1) is 0 Å². The number of rotatable bonds is 5. The van der Waals surface area contributed by atoms with Gasteiger partial charge in [0.25, 0.3) is 10.0 Å². The number of sulfonamides is 1. The minimum atomic E-state index is -3.85. The second kappa shape index (κ2) is 7.47. The van der Waals surface area contributed by atoms with Gasteiger partial charge in [0, 0.05) is 13.7 Å². The Hall–Kier alpha value is -1.38. The molecule has 9 heteroatoms. The van der Waals surface area contributed by atoms with Gasteiger partial charge in [-0.2, -0.15) is 8.42 Å². The number of ether oxygens (including phenoxy) is 1. The van der Waals surface area contributed by atoms with Crippen LogP contribution in [0.3, 0.4) is 0 Å². The molecule has 0 atom stereocenters. The molecule has 0 bridgehead atoms. The van der Waals surface area contributed by atoms with Crippen molar-refractivity contribution in [3.8, 4) is 0 Å². The van der Waals surface area contributed by atoms with Crippen molar-refractivity contribution in [2.24, 2.45) is 4.40 Å². The van der Waals surface area contributed by atoms with Crippen molar-refractivity contribution in [2.75, 3.05) is 13.7 Å². The topological polar surface area (TPSA) is 60.7 Å². The predicted octanol–water partition coefficient (Wildman–Crippen LogP) is 3.95. The smallest absolute Gasteiger partial charge is 0.285 e. The molecule has 0 saturated heterocycles. The zero-order valence-electron chi connectivity index (χ0n) is 13.1. The first-order valence-electron chi connectivity index (χ1n) is 7.26. The molecule has 0 radical (unpaired) electrons. The van der Waals surface area contributed by atoms with E-state index < -0.39 is 10.0 Å². The van der Waals surface area contributed by atoms with E-state index in [4.69, 9.17) is 27.9 Å². The van der Waals surface area contributed by atoms with Crippen molar-refractivity contribution in [1.29, 1.82) is 0 Å². The lowest BCUT2D eigenvalue weighted by atomic mass is 10.3. The number of nitrogens with zero attached hydrogens (tertiary/aromatic N) is 2. The summed E-state index contributed by atoms with van der Waals surface area (Å²) in [5, 5.41) is 0.972. The Morgan fingerprint density at radius 1 is 1.12 bits per heavy atom. The van der Waals surface area contributed by atoms with Crippen LogP contribution in [0.25, 0.3) is 10.2 Å². The number of benzene rings is 2. The van der Waals surface area contributed by atoms with Crippen LogP contribution in [0.2, 0.25) is 10.0 Å². The van der Waals surface area contributed by atoms with E-state index in [2.05, 4.69) is 4.40 Å². The lowest BCUT2D eigenvalue weighted by molar-refractivity contribution is 0.187. The molecule has 5 nitrogen and oxygen atoms in total. The average molecular weight is 417 g/mol. The monoisotopic (exact) mass is 416 g/mol. The first-order valence-corrected chi connectivity index (χ1v) is 10.3. The number of hydrogen-bond donors (Lipinski definition) is 0. The average Bonchev–Trinajstić information content (AvgIpc) is 2.96. The Kier molecular flexibility index (Phi) is 5.50. The van der Waals surface area contributed by atoms with Crippen LogP contribution in [-0.4, -0.2) is 26.7 Å². The molecule has 25 heavy (non-hydrogen) atoms. The first-order chi connectivity index (χ1) is 11.9. The number of methoxy groups -OCH3 is 1. The van der Waals surface area contributed by atoms with E-state index in [1.165, 1.54) is 23.5 Å². The molecule has 132 valence electrons. The fourth-order valence-corrected chi connectivity index (χ4v) is 5.21. The van der Waals surface area contributed by atoms with E-state index in [0.29, 0.717) is 38.2 Å². The highest BCUT2D eigenvalue weighted by Gasteiger charge is 2.17. The van der Waals surface area contributed by atoms with Gasteiger partial charge in [-0.3, -0.25) is 0 Å². The summed E-state index contributed by atoms with van der Waals surface area (Å²) in [5.74, 6) is 0. The Morgan fingerprint density at radius 3 is 2.48 bits per heavy atom. The molecular weight excluding hydrogens is 403 g/mol. The molecule has 3 aromatic rings. The largest absolute Gasteiger partial charge is 0.383 e. The third-order valence-corrected chi connectivity index (χ3v) is 6.73. The Labute approximate surface area is 159 Å². The summed E-state index contributed by atoms with van der Waals surface area (Å²) in [6.07, 6.45) is 0. The highest BCUT2D eigenvalue weighted by Crippen LogP contribution is 2.32. The second-order valence-electron chi connectivity index (χ2n) is 5.12. The van der Waals surface area contributed by atoms with Crippen LogP contribution in [0.4, 0.5) is 0 Å². The molecule has 0 saturated carbocycles. The molecule has 0 aliphatic rings. The fourth-order valence-electron chi connectivity index (χ4n) is 2.32. The predicted molar refractivity (Wildman–Crippen MR) is 101 cm³/mol. The lowest BCUT2D eigenvalue weighted by Crippen LogP contribution is -2.19. The maximum absolute atomic E-state index is 12.6. The summed E-state index contributed by atoms with van der Waals surface area (Å²) in [7, 11) is -2.28. The third kappa shape index (κ3) is 3.75. The van der Waals surface area contributed by atoms with Crippen molar-refractivity contribution in [1.82, 2.24) is 4.57 Å². The summed E-state index contributed by atoms with van der Waals surface area (Å²) in [6, 6.07) is 11.4. The van der Waals surface area contributed by atoms with Crippen LogP contribution in [0.5, 0.6) is 0 Å². The van der Waals surface area contributed by atoms with E-state index in [1.54, 1.807) is 42.0 Å². The maximum Gasteiger partial charge on any atom is 0.285 e. The first kappa shape index (κ1) is 18.4. The highest BCUT2D eigenvalue weighted by atomic mass is 35.5. The number of fused-ring (bicyclic) bond motifs is 1. The lowest BCUT2D eigenvalue weighted by Gasteiger charge is -2.06. The van der Waals surface area contributed by atoms with Gasteiger partial charge in [0.05, 0.1) is 31.8 Å². The van der Waals surface area contributed by atoms with E-state index >= 15 is 0 Å². The number of hydrogen-bond acceptors (Lipinski definition) is 4. The van der Waals surface area contributed by atoms with E-state index in [0.717, 1.165) is 0 Å². The van der Waals surface area contributed by atoms with Gasteiger partial charge in [-0.1, -0.05) is 52.7 Å². The molecule has 0 amide bonds. The third-order valence-electron chi connectivity index (χ3n) is 3.49. The Balaban J connectivity index is 2.28. The van der Waals surface area contributed by atoms with Crippen molar-refractivity contribution in [3.05, 3.63) is 57.3 Å². The standard InChI is InChI=1S/C16H14Cl2N2O3S2/c1-23-10-9-20-14-12(17)7-8-13(18)15(14)24-16(20)19-25(21,22)11-5-3-2-4-6-11/h2-8H,9-10H2,1H3/b19-16-. The molecule has 2 aromatic carbocycles. The quantitative estimate of drug-likeness (QED) is 0.632. The van der Waals surface area contributed by atoms with Gasteiger partial charge in [-0.15, -0.1) is 4.40 Å². The molecule has 0 aliphatic heterocycles. The SMILES string of the molecule is COCCn1/c(=N/S(=O)(=O)c2ccccc2)sc2c(Cl)ccc(Cl)c21. The van der Waals surface area contributed by atoms with E-state index in [-0.39, 0.29) is 4.90 Å². The minimum Gasteiger partial charge on any atom is -0.383 e. The summed E-state index contributed by atoms with van der Waals surface area (Å²) in [4.78, 5) is 0.425. The van der Waals surface area contributed by atoms with Crippen molar-refractivity contribution >= 4 is 54.8 Å². The Morgan fingerprint density at radius 2 is 1.80 bits per heavy atom. The minimum absolute atomic E-state index is 0.128. The van der Waals surface area contributed by atoms with Crippen molar-refractivity contribution in [3.63, 3.8) is 0 Å². The van der Waals surface area contributed by atoms with Gasteiger partial charge >= 0.3 is 0 Å². The maximum atomic E-state index is 12.6. The van der Waals surface area contributed by atoms with Gasteiger partial charge in [-0.25, -0.2) is 0 Å².